The lowest BCUT2D eigenvalue weighted by molar-refractivity contribution is -0.138. The predicted molar refractivity (Wildman–Crippen MR) is 76.1 cm³/mol. The van der Waals surface area contributed by atoms with E-state index in [9.17, 15) is 14.4 Å². The fraction of sp³-hybridized carbons (Fsp3) is 0.357. The van der Waals surface area contributed by atoms with Crippen LogP contribution < -0.4 is 0 Å². The van der Waals surface area contributed by atoms with Crippen LogP contribution in [0.4, 0.5) is 0 Å². The molecule has 0 aliphatic carbocycles. The quantitative estimate of drug-likeness (QED) is 0.457. The van der Waals surface area contributed by atoms with Crippen LogP contribution in [-0.4, -0.2) is 36.7 Å². The molecule has 0 bridgehead atoms. The van der Waals surface area contributed by atoms with E-state index >= 15 is 0 Å². The van der Waals surface area contributed by atoms with E-state index in [1.54, 1.807) is 0 Å². The number of esters is 2. The summed E-state index contributed by atoms with van der Waals surface area (Å²) in [6.45, 7) is 11.9. The van der Waals surface area contributed by atoms with E-state index in [1.165, 1.54) is 13.2 Å². The summed E-state index contributed by atoms with van der Waals surface area (Å²) in [5.41, 5.74) is 0. The molecule has 0 rings (SSSR count). The molecule has 0 unspecified atom stereocenters. The van der Waals surface area contributed by atoms with E-state index in [0.29, 0.717) is 6.61 Å². The third-order valence-electron chi connectivity index (χ3n) is 1.45. The van der Waals surface area contributed by atoms with Crippen molar-refractivity contribution in [2.45, 2.75) is 19.8 Å². The van der Waals surface area contributed by atoms with Gasteiger partial charge in [-0.2, -0.15) is 0 Å². The first kappa shape index (κ1) is 22.8. The van der Waals surface area contributed by atoms with Gasteiger partial charge in [-0.15, -0.1) is 0 Å². The van der Waals surface area contributed by atoms with Crippen molar-refractivity contribution in [3.8, 4) is 0 Å². The standard InChI is InChI=1S/C7H12O2.C4H6O2.C3H4O2/c1-3-5-6-9-7(8)4-2;1-3-4(5)6-2;1-2-3(4)5/h4H,2-3,5-6H2,1H3;3H,1H2,2H3;2H,1H2,(H,4,5). The molecule has 0 radical (unpaired) electrons. The molecule has 0 aliphatic heterocycles. The molecule has 114 valence electrons. The summed E-state index contributed by atoms with van der Waals surface area (Å²) in [5.74, 6) is -1.71. The maximum absolute atomic E-state index is 10.3. The average Bonchev–Trinajstić information content (AvgIpc) is 2.47. The second-order valence-electron chi connectivity index (χ2n) is 2.99. The number of carboxylic acids is 1. The summed E-state index contributed by atoms with van der Waals surface area (Å²) < 4.78 is 8.82. The van der Waals surface area contributed by atoms with Crippen LogP contribution in [0, 0.1) is 0 Å². The second kappa shape index (κ2) is 19.0. The van der Waals surface area contributed by atoms with Gasteiger partial charge in [-0.25, -0.2) is 14.4 Å². The van der Waals surface area contributed by atoms with Gasteiger partial charge in [-0.1, -0.05) is 33.1 Å². The van der Waals surface area contributed by atoms with Crippen molar-refractivity contribution < 1.29 is 29.0 Å². The highest BCUT2D eigenvalue weighted by atomic mass is 16.5. The Morgan fingerprint density at radius 2 is 1.50 bits per heavy atom. The molecule has 0 saturated heterocycles. The molecule has 1 N–H and O–H groups in total. The number of ether oxygens (including phenoxy) is 2. The molecule has 0 aliphatic rings. The Morgan fingerprint density at radius 1 is 1.05 bits per heavy atom. The molecule has 0 atom stereocenters. The Labute approximate surface area is 119 Å². The van der Waals surface area contributed by atoms with Gasteiger partial charge < -0.3 is 14.6 Å². The number of hydrogen-bond acceptors (Lipinski definition) is 5. The number of methoxy groups -OCH3 is 1. The number of carboxylic acid groups (broad SMARTS) is 1. The molecule has 0 aromatic carbocycles. The highest BCUT2D eigenvalue weighted by Crippen LogP contribution is 1.88. The molecule has 0 aromatic heterocycles. The Balaban J connectivity index is -0.000000230. The lowest BCUT2D eigenvalue weighted by atomic mass is 10.4. The van der Waals surface area contributed by atoms with Crippen LogP contribution in [-0.2, 0) is 23.9 Å². The molecular formula is C14H22O6. The zero-order valence-electron chi connectivity index (χ0n) is 12.0. The van der Waals surface area contributed by atoms with Crippen LogP contribution in [0.5, 0.6) is 0 Å². The Hall–Kier alpha value is -2.37. The van der Waals surface area contributed by atoms with Gasteiger partial charge in [0.25, 0.3) is 0 Å². The Morgan fingerprint density at radius 3 is 1.70 bits per heavy atom. The first-order valence-electron chi connectivity index (χ1n) is 5.74. The zero-order valence-corrected chi connectivity index (χ0v) is 12.0. The number of hydrogen-bond donors (Lipinski definition) is 1. The van der Waals surface area contributed by atoms with Gasteiger partial charge >= 0.3 is 17.9 Å². The van der Waals surface area contributed by atoms with E-state index in [4.69, 9.17) is 5.11 Å². The largest absolute Gasteiger partial charge is 0.478 e. The molecule has 0 spiro atoms. The number of carbonyl (C=O) groups is 3. The number of aliphatic carboxylic acids is 1. The van der Waals surface area contributed by atoms with Crippen LogP contribution in [0.2, 0.25) is 0 Å². The van der Waals surface area contributed by atoms with Gasteiger partial charge in [0.15, 0.2) is 0 Å². The lowest BCUT2D eigenvalue weighted by Crippen LogP contribution is -2.00. The molecule has 0 aromatic rings. The van der Waals surface area contributed by atoms with Crippen molar-refractivity contribution in [3.05, 3.63) is 38.0 Å². The summed E-state index contributed by atoms with van der Waals surface area (Å²) in [5, 5.41) is 7.60. The normalized spacial score (nSPS) is 7.50. The van der Waals surface area contributed by atoms with Crippen molar-refractivity contribution >= 4 is 17.9 Å². The van der Waals surface area contributed by atoms with Crippen molar-refractivity contribution in [2.75, 3.05) is 13.7 Å². The number of carbonyl (C=O) groups excluding carboxylic acids is 2. The minimum Gasteiger partial charge on any atom is -0.478 e. The van der Waals surface area contributed by atoms with Crippen LogP contribution >= 0.6 is 0 Å². The molecule has 0 fully saturated rings. The van der Waals surface area contributed by atoms with E-state index < -0.39 is 11.9 Å². The second-order valence-corrected chi connectivity index (χ2v) is 2.99. The van der Waals surface area contributed by atoms with Crippen LogP contribution in [0.1, 0.15) is 19.8 Å². The maximum Gasteiger partial charge on any atom is 0.330 e. The third kappa shape index (κ3) is 29.6. The van der Waals surface area contributed by atoms with Gasteiger partial charge in [0, 0.05) is 18.2 Å². The zero-order chi connectivity index (χ0) is 16.4. The van der Waals surface area contributed by atoms with Gasteiger partial charge in [-0.05, 0) is 6.42 Å². The molecule has 20 heavy (non-hydrogen) atoms. The van der Waals surface area contributed by atoms with Crippen molar-refractivity contribution in [1.82, 2.24) is 0 Å². The summed E-state index contributed by atoms with van der Waals surface area (Å²) in [7, 11) is 1.31. The van der Waals surface area contributed by atoms with E-state index in [0.717, 1.165) is 25.0 Å². The summed E-state index contributed by atoms with van der Waals surface area (Å²) in [6.07, 6.45) is 5.10. The summed E-state index contributed by atoms with van der Waals surface area (Å²) in [6, 6.07) is 0. The Bertz CT molecular complexity index is 320. The highest BCUT2D eigenvalue weighted by Gasteiger charge is 1.91. The number of unbranched alkanes of at least 4 members (excludes halogenated alkanes) is 1. The summed E-state index contributed by atoms with van der Waals surface area (Å²) in [4.78, 5) is 29.4. The van der Waals surface area contributed by atoms with E-state index in [2.05, 4.69) is 29.2 Å². The minimum atomic E-state index is -0.981. The summed E-state index contributed by atoms with van der Waals surface area (Å²) >= 11 is 0. The third-order valence-corrected chi connectivity index (χ3v) is 1.45. The van der Waals surface area contributed by atoms with Crippen LogP contribution in [0.25, 0.3) is 0 Å². The van der Waals surface area contributed by atoms with E-state index in [-0.39, 0.29) is 5.97 Å². The maximum atomic E-state index is 10.3. The van der Waals surface area contributed by atoms with Crippen LogP contribution in [0.3, 0.4) is 0 Å². The predicted octanol–water partition coefficient (Wildman–Crippen LogP) is 2.12. The lowest BCUT2D eigenvalue weighted by Gasteiger charge is -1.97. The topological polar surface area (TPSA) is 89.9 Å². The fourth-order valence-corrected chi connectivity index (χ4v) is 0.459. The van der Waals surface area contributed by atoms with Crippen molar-refractivity contribution in [3.63, 3.8) is 0 Å². The first-order chi connectivity index (χ1) is 9.39. The molecule has 6 heteroatoms. The monoisotopic (exact) mass is 286 g/mol. The molecule has 6 nitrogen and oxygen atoms in total. The van der Waals surface area contributed by atoms with Gasteiger partial charge in [0.2, 0.25) is 0 Å². The van der Waals surface area contributed by atoms with Crippen molar-refractivity contribution in [2.24, 2.45) is 0 Å². The minimum absolute atomic E-state index is 0.330. The Kier molecular flexibility index (Phi) is 21.6. The first-order valence-corrected chi connectivity index (χ1v) is 5.74. The fourth-order valence-electron chi connectivity index (χ4n) is 0.459. The van der Waals surface area contributed by atoms with Gasteiger partial charge in [0.1, 0.15) is 0 Å². The number of rotatable bonds is 6. The van der Waals surface area contributed by atoms with Gasteiger partial charge in [-0.3, -0.25) is 0 Å². The molecule has 0 amide bonds. The van der Waals surface area contributed by atoms with Crippen LogP contribution in [0.15, 0.2) is 38.0 Å². The molecule has 0 heterocycles. The molecular weight excluding hydrogens is 264 g/mol. The highest BCUT2D eigenvalue weighted by molar-refractivity contribution is 5.81. The average molecular weight is 286 g/mol. The SMILES string of the molecule is C=CC(=O)O.C=CC(=O)OC.C=CC(=O)OCCCC. The van der Waals surface area contributed by atoms with Crippen molar-refractivity contribution in [1.29, 1.82) is 0 Å². The smallest absolute Gasteiger partial charge is 0.330 e. The molecule has 0 saturated carbocycles. The van der Waals surface area contributed by atoms with E-state index in [1.807, 2.05) is 6.92 Å². The van der Waals surface area contributed by atoms with Gasteiger partial charge in [0.05, 0.1) is 13.7 Å².